The molecule has 152 valence electrons. The number of aryl methyl sites for hydroxylation is 1. The predicted molar refractivity (Wildman–Crippen MR) is 110 cm³/mol. The summed E-state index contributed by atoms with van der Waals surface area (Å²) < 4.78 is 32.5. The Morgan fingerprint density at radius 3 is 2.61 bits per heavy atom. The van der Waals surface area contributed by atoms with Gasteiger partial charge in [-0.1, -0.05) is 23.8 Å². The van der Waals surface area contributed by atoms with E-state index in [4.69, 9.17) is 4.74 Å². The molecule has 6 nitrogen and oxygen atoms in total. The fourth-order valence-electron chi connectivity index (χ4n) is 3.50. The van der Waals surface area contributed by atoms with Gasteiger partial charge in [-0.2, -0.15) is 4.31 Å². The number of carbonyl (C=O) groups excluding carboxylic acids is 1. The standard InChI is InChI=1S/C20H26N2O4S2/c1-14-6-7-18(26-3)17(13-14)15(2)21-20(23)16-8-10-22(11-9-16)28(24,25)19-5-4-12-27-19/h4-7,12-13,15-16H,8-11H2,1-3H3,(H,21,23)/t15-/m0/s1. The molecule has 2 aromatic rings. The molecule has 1 fully saturated rings. The van der Waals surface area contributed by atoms with Crippen molar-refractivity contribution in [2.75, 3.05) is 20.2 Å². The van der Waals surface area contributed by atoms with Crippen LogP contribution < -0.4 is 10.1 Å². The first kappa shape index (κ1) is 20.8. The minimum Gasteiger partial charge on any atom is -0.496 e. The lowest BCUT2D eigenvalue weighted by Gasteiger charge is -2.31. The number of rotatable bonds is 6. The molecule has 1 aromatic heterocycles. The molecule has 2 heterocycles. The molecule has 0 bridgehead atoms. The summed E-state index contributed by atoms with van der Waals surface area (Å²) in [6.45, 7) is 4.66. The van der Waals surface area contributed by atoms with Crippen LogP contribution >= 0.6 is 11.3 Å². The smallest absolute Gasteiger partial charge is 0.252 e. The maximum Gasteiger partial charge on any atom is 0.252 e. The van der Waals surface area contributed by atoms with Crippen LogP contribution in [0, 0.1) is 12.8 Å². The average molecular weight is 423 g/mol. The summed E-state index contributed by atoms with van der Waals surface area (Å²) in [6.07, 6.45) is 1.04. The van der Waals surface area contributed by atoms with Crippen LogP contribution in [0.2, 0.25) is 0 Å². The first-order valence-electron chi connectivity index (χ1n) is 9.31. The van der Waals surface area contributed by atoms with E-state index in [2.05, 4.69) is 5.32 Å². The molecule has 0 aliphatic carbocycles. The zero-order valence-corrected chi connectivity index (χ0v) is 18.0. The van der Waals surface area contributed by atoms with Crippen molar-refractivity contribution in [3.05, 3.63) is 46.8 Å². The van der Waals surface area contributed by atoms with Gasteiger partial charge in [-0.15, -0.1) is 11.3 Å². The van der Waals surface area contributed by atoms with E-state index in [-0.39, 0.29) is 17.9 Å². The Bertz CT molecular complexity index is 918. The van der Waals surface area contributed by atoms with Gasteiger partial charge in [-0.3, -0.25) is 4.79 Å². The summed E-state index contributed by atoms with van der Waals surface area (Å²) in [5.74, 6) is 0.521. The molecule has 1 aromatic carbocycles. The second-order valence-electron chi connectivity index (χ2n) is 7.09. The molecular formula is C20H26N2O4S2. The number of hydrogen-bond acceptors (Lipinski definition) is 5. The van der Waals surface area contributed by atoms with Crippen LogP contribution in [-0.4, -0.2) is 38.8 Å². The maximum absolute atomic E-state index is 12.7. The van der Waals surface area contributed by atoms with E-state index >= 15 is 0 Å². The van der Waals surface area contributed by atoms with Gasteiger partial charge in [0.25, 0.3) is 10.0 Å². The lowest BCUT2D eigenvalue weighted by molar-refractivity contribution is -0.126. The number of amides is 1. The van der Waals surface area contributed by atoms with Gasteiger partial charge in [-0.25, -0.2) is 8.42 Å². The predicted octanol–water partition coefficient (Wildman–Crippen LogP) is 3.34. The molecule has 28 heavy (non-hydrogen) atoms. The SMILES string of the molecule is COc1ccc(C)cc1[C@H](C)NC(=O)C1CCN(S(=O)(=O)c2cccs2)CC1. The molecule has 1 N–H and O–H groups in total. The highest BCUT2D eigenvalue weighted by molar-refractivity contribution is 7.91. The van der Waals surface area contributed by atoms with Gasteiger partial charge < -0.3 is 10.1 Å². The summed E-state index contributed by atoms with van der Waals surface area (Å²) in [4.78, 5) is 12.7. The van der Waals surface area contributed by atoms with Gasteiger partial charge in [0, 0.05) is 24.6 Å². The maximum atomic E-state index is 12.7. The molecular weight excluding hydrogens is 396 g/mol. The lowest BCUT2D eigenvalue weighted by atomic mass is 9.96. The van der Waals surface area contributed by atoms with Crippen molar-refractivity contribution < 1.29 is 17.9 Å². The van der Waals surface area contributed by atoms with Crippen molar-refractivity contribution in [1.82, 2.24) is 9.62 Å². The van der Waals surface area contributed by atoms with Crippen molar-refractivity contribution in [2.24, 2.45) is 5.92 Å². The minimum absolute atomic E-state index is 0.0377. The van der Waals surface area contributed by atoms with Gasteiger partial charge in [0.1, 0.15) is 9.96 Å². The first-order chi connectivity index (χ1) is 13.3. The van der Waals surface area contributed by atoms with Crippen molar-refractivity contribution in [2.45, 2.75) is 36.9 Å². The van der Waals surface area contributed by atoms with Crippen LogP contribution in [0.5, 0.6) is 5.75 Å². The van der Waals surface area contributed by atoms with E-state index in [1.165, 1.54) is 15.6 Å². The second-order valence-corrected chi connectivity index (χ2v) is 10.2. The molecule has 1 atom stereocenters. The lowest BCUT2D eigenvalue weighted by Crippen LogP contribution is -2.43. The Morgan fingerprint density at radius 2 is 2.00 bits per heavy atom. The molecule has 0 unspecified atom stereocenters. The monoisotopic (exact) mass is 422 g/mol. The number of carbonyl (C=O) groups is 1. The van der Waals surface area contributed by atoms with E-state index in [9.17, 15) is 13.2 Å². The van der Waals surface area contributed by atoms with Gasteiger partial charge >= 0.3 is 0 Å². The zero-order valence-electron chi connectivity index (χ0n) is 16.3. The summed E-state index contributed by atoms with van der Waals surface area (Å²) in [5.41, 5.74) is 2.04. The van der Waals surface area contributed by atoms with Crippen molar-refractivity contribution in [3.8, 4) is 5.75 Å². The van der Waals surface area contributed by atoms with Crippen LogP contribution in [0.15, 0.2) is 39.9 Å². The summed E-state index contributed by atoms with van der Waals surface area (Å²) in [6, 6.07) is 9.06. The number of benzene rings is 1. The third-order valence-electron chi connectivity index (χ3n) is 5.12. The number of nitrogens with one attached hydrogen (secondary N) is 1. The van der Waals surface area contributed by atoms with Crippen LogP contribution in [0.3, 0.4) is 0 Å². The molecule has 3 rings (SSSR count). The Balaban J connectivity index is 1.61. The highest BCUT2D eigenvalue weighted by Gasteiger charge is 2.33. The highest BCUT2D eigenvalue weighted by atomic mass is 32.2. The summed E-state index contributed by atoms with van der Waals surface area (Å²) in [5, 5.41) is 4.82. The van der Waals surface area contributed by atoms with E-state index in [1.807, 2.05) is 32.0 Å². The van der Waals surface area contributed by atoms with Crippen LogP contribution in [0.1, 0.15) is 36.9 Å². The third kappa shape index (κ3) is 4.39. The molecule has 8 heteroatoms. The number of sulfonamides is 1. The second kappa shape index (κ2) is 8.63. The Hall–Kier alpha value is -1.90. The zero-order chi connectivity index (χ0) is 20.3. The fourth-order valence-corrected chi connectivity index (χ4v) is 6.11. The number of thiophene rings is 1. The Kier molecular flexibility index (Phi) is 6.42. The normalized spacial score (nSPS) is 17.2. The van der Waals surface area contributed by atoms with Crippen molar-refractivity contribution in [1.29, 1.82) is 0 Å². The molecule has 1 amide bonds. The molecule has 1 aliphatic rings. The first-order valence-corrected chi connectivity index (χ1v) is 11.6. The molecule has 0 spiro atoms. The Labute approximate surface area is 170 Å². The largest absolute Gasteiger partial charge is 0.496 e. The number of hydrogen-bond donors (Lipinski definition) is 1. The van der Waals surface area contributed by atoms with Gasteiger partial charge in [0.2, 0.25) is 5.91 Å². The van der Waals surface area contributed by atoms with E-state index in [1.54, 1.807) is 24.6 Å². The van der Waals surface area contributed by atoms with Crippen LogP contribution in [0.25, 0.3) is 0 Å². The average Bonchev–Trinajstić information content (AvgIpc) is 3.23. The van der Waals surface area contributed by atoms with Gasteiger partial charge in [-0.05, 0) is 44.2 Å². The van der Waals surface area contributed by atoms with Crippen LogP contribution in [0.4, 0.5) is 0 Å². The Morgan fingerprint density at radius 1 is 1.29 bits per heavy atom. The van der Waals surface area contributed by atoms with Gasteiger partial charge in [0.05, 0.1) is 13.2 Å². The fraction of sp³-hybridized carbons (Fsp3) is 0.450. The van der Waals surface area contributed by atoms with E-state index in [0.29, 0.717) is 30.1 Å². The number of piperidine rings is 1. The molecule has 1 saturated heterocycles. The summed E-state index contributed by atoms with van der Waals surface area (Å²) in [7, 11) is -1.83. The van der Waals surface area contributed by atoms with Crippen molar-refractivity contribution >= 4 is 27.3 Å². The number of ether oxygens (including phenoxy) is 1. The minimum atomic E-state index is -3.44. The summed E-state index contributed by atoms with van der Waals surface area (Å²) >= 11 is 1.22. The van der Waals surface area contributed by atoms with Crippen molar-refractivity contribution in [3.63, 3.8) is 0 Å². The topological polar surface area (TPSA) is 75.7 Å². The quantitative estimate of drug-likeness (QED) is 0.775. The number of nitrogens with zero attached hydrogens (tertiary/aromatic N) is 1. The molecule has 0 radical (unpaired) electrons. The third-order valence-corrected chi connectivity index (χ3v) is 8.40. The van der Waals surface area contributed by atoms with E-state index < -0.39 is 10.0 Å². The molecule has 0 saturated carbocycles. The molecule has 1 aliphatic heterocycles. The van der Waals surface area contributed by atoms with Crippen LogP contribution in [-0.2, 0) is 14.8 Å². The number of methoxy groups -OCH3 is 1. The highest BCUT2D eigenvalue weighted by Crippen LogP contribution is 2.29. The van der Waals surface area contributed by atoms with Gasteiger partial charge in [0.15, 0.2) is 0 Å². The van der Waals surface area contributed by atoms with E-state index in [0.717, 1.165) is 16.9 Å².